The van der Waals surface area contributed by atoms with Gasteiger partial charge in [-0.15, -0.1) is 11.6 Å². The molecule has 0 saturated heterocycles. The lowest BCUT2D eigenvalue weighted by molar-refractivity contribution is 0.0951. The molecule has 2 rings (SSSR count). The molecule has 1 aromatic carbocycles. The van der Waals surface area contributed by atoms with Crippen LogP contribution in [0.25, 0.3) is 0 Å². The maximum absolute atomic E-state index is 11.6. The number of nitrogens with zero attached hydrogens (tertiary/aromatic N) is 1. The molecule has 17 heavy (non-hydrogen) atoms. The molecule has 0 radical (unpaired) electrons. The predicted molar refractivity (Wildman–Crippen MR) is 65.8 cm³/mol. The molecule has 0 unspecified atom stereocenters. The fourth-order valence-corrected chi connectivity index (χ4v) is 1.58. The Morgan fingerprint density at radius 1 is 1.29 bits per heavy atom. The van der Waals surface area contributed by atoms with Gasteiger partial charge in [-0.3, -0.25) is 9.89 Å². The van der Waals surface area contributed by atoms with Gasteiger partial charge in [-0.1, -0.05) is 24.3 Å². The number of rotatable bonds is 4. The number of aromatic amines is 1. The number of hydrogen-bond donors (Lipinski definition) is 2. The first-order chi connectivity index (χ1) is 8.29. The standard InChI is InChI=1S/C12H12ClN3O/c13-5-9-1-3-10(4-2-9)6-14-12(17)11-7-15-16-8-11/h1-4,7-8H,5-6H2,(H,14,17)(H,15,16). The number of halogens is 1. The van der Waals surface area contributed by atoms with Crippen LogP contribution in [0.4, 0.5) is 0 Å². The number of alkyl halides is 1. The second-order valence-corrected chi connectivity index (χ2v) is 3.89. The van der Waals surface area contributed by atoms with E-state index in [0.717, 1.165) is 11.1 Å². The lowest BCUT2D eigenvalue weighted by Crippen LogP contribution is -2.22. The lowest BCUT2D eigenvalue weighted by atomic mass is 10.1. The molecule has 2 N–H and O–H groups in total. The Balaban J connectivity index is 1.91. The molecule has 0 atom stereocenters. The third kappa shape index (κ3) is 3.07. The van der Waals surface area contributed by atoms with Gasteiger partial charge in [0.05, 0.1) is 11.8 Å². The van der Waals surface area contributed by atoms with E-state index in [1.54, 1.807) is 6.20 Å². The first kappa shape index (κ1) is 11.7. The van der Waals surface area contributed by atoms with Crippen LogP contribution >= 0.6 is 11.6 Å². The van der Waals surface area contributed by atoms with Crippen molar-refractivity contribution in [3.05, 3.63) is 53.3 Å². The van der Waals surface area contributed by atoms with Crippen molar-refractivity contribution in [2.45, 2.75) is 12.4 Å². The normalized spacial score (nSPS) is 10.2. The van der Waals surface area contributed by atoms with Gasteiger partial charge in [-0.05, 0) is 11.1 Å². The Kier molecular flexibility index (Phi) is 3.77. The zero-order chi connectivity index (χ0) is 12.1. The Bertz CT molecular complexity index is 479. The molecule has 0 bridgehead atoms. The van der Waals surface area contributed by atoms with Crippen LogP contribution in [0.1, 0.15) is 21.5 Å². The summed E-state index contributed by atoms with van der Waals surface area (Å²) >= 11 is 5.69. The van der Waals surface area contributed by atoms with Gasteiger partial charge in [0.2, 0.25) is 0 Å². The topological polar surface area (TPSA) is 57.8 Å². The minimum Gasteiger partial charge on any atom is -0.348 e. The van der Waals surface area contributed by atoms with E-state index in [0.29, 0.717) is 18.0 Å². The maximum Gasteiger partial charge on any atom is 0.254 e. The Morgan fingerprint density at radius 3 is 2.59 bits per heavy atom. The summed E-state index contributed by atoms with van der Waals surface area (Å²) < 4.78 is 0. The molecule has 0 aliphatic rings. The van der Waals surface area contributed by atoms with Gasteiger partial charge in [0.1, 0.15) is 0 Å². The monoisotopic (exact) mass is 249 g/mol. The molecular weight excluding hydrogens is 238 g/mol. The Morgan fingerprint density at radius 2 is 2.00 bits per heavy atom. The number of aromatic nitrogens is 2. The van der Waals surface area contributed by atoms with Gasteiger partial charge in [0, 0.05) is 18.6 Å². The highest BCUT2D eigenvalue weighted by Gasteiger charge is 2.05. The number of hydrogen-bond acceptors (Lipinski definition) is 2. The van der Waals surface area contributed by atoms with Crippen LogP contribution in [0, 0.1) is 0 Å². The van der Waals surface area contributed by atoms with Gasteiger partial charge >= 0.3 is 0 Å². The minimum absolute atomic E-state index is 0.139. The molecule has 0 aliphatic carbocycles. The van der Waals surface area contributed by atoms with Crippen LogP contribution in [0.2, 0.25) is 0 Å². The molecule has 0 aliphatic heterocycles. The number of nitrogens with one attached hydrogen (secondary N) is 2. The molecule has 0 fully saturated rings. The van der Waals surface area contributed by atoms with E-state index < -0.39 is 0 Å². The summed E-state index contributed by atoms with van der Waals surface area (Å²) in [5, 5.41) is 9.13. The molecule has 88 valence electrons. The van der Waals surface area contributed by atoms with Crippen molar-refractivity contribution < 1.29 is 4.79 Å². The van der Waals surface area contributed by atoms with E-state index in [2.05, 4.69) is 15.5 Å². The van der Waals surface area contributed by atoms with Gasteiger partial charge in [-0.25, -0.2) is 0 Å². The van der Waals surface area contributed by atoms with Crippen LogP contribution < -0.4 is 5.32 Å². The second-order valence-electron chi connectivity index (χ2n) is 3.62. The molecular formula is C12H12ClN3O. The molecule has 1 amide bonds. The summed E-state index contributed by atoms with van der Waals surface area (Å²) in [6.07, 6.45) is 3.05. The average Bonchev–Trinajstić information content (AvgIpc) is 2.90. The first-order valence-electron chi connectivity index (χ1n) is 5.20. The molecule has 4 nitrogen and oxygen atoms in total. The molecule has 1 aromatic heterocycles. The van der Waals surface area contributed by atoms with Crippen molar-refractivity contribution in [3.8, 4) is 0 Å². The number of H-pyrrole nitrogens is 1. The fraction of sp³-hybridized carbons (Fsp3) is 0.167. The van der Waals surface area contributed by atoms with Crippen LogP contribution in [0.5, 0.6) is 0 Å². The van der Waals surface area contributed by atoms with Crippen molar-refractivity contribution in [1.82, 2.24) is 15.5 Å². The highest BCUT2D eigenvalue weighted by Crippen LogP contribution is 2.06. The fourth-order valence-electron chi connectivity index (χ4n) is 1.41. The van der Waals surface area contributed by atoms with Crippen molar-refractivity contribution >= 4 is 17.5 Å². The molecule has 2 aromatic rings. The van der Waals surface area contributed by atoms with Crippen LogP contribution in [0.3, 0.4) is 0 Å². The predicted octanol–water partition coefficient (Wildman–Crippen LogP) is 2.08. The summed E-state index contributed by atoms with van der Waals surface area (Å²) in [4.78, 5) is 11.6. The summed E-state index contributed by atoms with van der Waals surface area (Å²) in [5.41, 5.74) is 2.63. The highest BCUT2D eigenvalue weighted by molar-refractivity contribution is 6.17. The smallest absolute Gasteiger partial charge is 0.254 e. The van der Waals surface area contributed by atoms with Crippen molar-refractivity contribution in [2.24, 2.45) is 0 Å². The zero-order valence-electron chi connectivity index (χ0n) is 9.11. The summed E-state index contributed by atoms with van der Waals surface area (Å²) in [7, 11) is 0. The number of benzene rings is 1. The molecule has 5 heteroatoms. The number of amides is 1. The maximum atomic E-state index is 11.6. The van der Waals surface area contributed by atoms with E-state index in [1.165, 1.54) is 6.20 Å². The van der Waals surface area contributed by atoms with E-state index in [4.69, 9.17) is 11.6 Å². The SMILES string of the molecule is O=C(NCc1ccc(CCl)cc1)c1cn[nH]c1. The first-order valence-corrected chi connectivity index (χ1v) is 5.74. The van der Waals surface area contributed by atoms with E-state index in [9.17, 15) is 4.79 Å². The Labute approximate surface area is 104 Å². The summed E-state index contributed by atoms with van der Waals surface area (Å²) in [6, 6.07) is 7.80. The third-order valence-electron chi connectivity index (χ3n) is 2.39. The minimum atomic E-state index is -0.139. The van der Waals surface area contributed by atoms with Crippen molar-refractivity contribution in [3.63, 3.8) is 0 Å². The third-order valence-corrected chi connectivity index (χ3v) is 2.70. The molecule has 0 spiro atoms. The molecule has 0 saturated carbocycles. The highest BCUT2D eigenvalue weighted by atomic mass is 35.5. The van der Waals surface area contributed by atoms with Gasteiger partial charge in [0.25, 0.3) is 5.91 Å². The summed E-state index contributed by atoms with van der Waals surface area (Å²) in [5.74, 6) is 0.363. The number of carbonyl (C=O) groups is 1. The zero-order valence-corrected chi connectivity index (χ0v) is 9.87. The van der Waals surface area contributed by atoms with E-state index in [1.807, 2.05) is 24.3 Å². The van der Waals surface area contributed by atoms with Crippen molar-refractivity contribution in [2.75, 3.05) is 0 Å². The van der Waals surface area contributed by atoms with E-state index >= 15 is 0 Å². The molecule has 1 heterocycles. The largest absolute Gasteiger partial charge is 0.348 e. The van der Waals surface area contributed by atoms with Crippen LogP contribution in [-0.2, 0) is 12.4 Å². The van der Waals surface area contributed by atoms with Crippen LogP contribution in [0.15, 0.2) is 36.7 Å². The quantitative estimate of drug-likeness (QED) is 0.815. The van der Waals surface area contributed by atoms with Crippen molar-refractivity contribution in [1.29, 1.82) is 0 Å². The van der Waals surface area contributed by atoms with Gasteiger partial charge < -0.3 is 5.32 Å². The average molecular weight is 250 g/mol. The van der Waals surface area contributed by atoms with Gasteiger partial charge in [-0.2, -0.15) is 5.10 Å². The van der Waals surface area contributed by atoms with Gasteiger partial charge in [0.15, 0.2) is 0 Å². The lowest BCUT2D eigenvalue weighted by Gasteiger charge is -2.04. The van der Waals surface area contributed by atoms with E-state index in [-0.39, 0.29) is 5.91 Å². The number of carbonyl (C=O) groups excluding carboxylic acids is 1. The Hall–Kier alpha value is -1.81. The van der Waals surface area contributed by atoms with Crippen LogP contribution in [-0.4, -0.2) is 16.1 Å². The second kappa shape index (κ2) is 5.50. The summed E-state index contributed by atoms with van der Waals surface area (Å²) in [6.45, 7) is 0.493.